The molecule has 2 aromatic carbocycles. The Hall–Kier alpha value is -2.20. The van der Waals surface area contributed by atoms with Crippen LogP contribution in [-0.4, -0.2) is 29.4 Å². The van der Waals surface area contributed by atoms with E-state index in [9.17, 15) is 9.18 Å². The van der Waals surface area contributed by atoms with E-state index < -0.39 is 0 Å². The third-order valence-corrected chi connectivity index (χ3v) is 5.56. The molecule has 0 aliphatic carbocycles. The molecule has 2 aromatic rings. The number of piperidine rings is 1. The van der Waals surface area contributed by atoms with Gasteiger partial charge in [-0.25, -0.2) is 4.39 Å². The molecule has 130 valence electrons. The molecule has 2 fully saturated rings. The average Bonchev–Trinajstić information content (AvgIpc) is 2.93. The summed E-state index contributed by atoms with van der Waals surface area (Å²) >= 11 is 0. The van der Waals surface area contributed by atoms with Gasteiger partial charge in [0.05, 0.1) is 5.54 Å². The van der Waals surface area contributed by atoms with Gasteiger partial charge in [0.2, 0.25) is 5.91 Å². The van der Waals surface area contributed by atoms with E-state index in [1.54, 1.807) is 6.07 Å². The molecule has 1 amide bonds. The maximum Gasteiger partial charge on any atom is 0.220 e. The summed E-state index contributed by atoms with van der Waals surface area (Å²) in [5.41, 5.74) is 1.61. The summed E-state index contributed by atoms with van der Waals surface area (Å²) in [6.45, 7) is 2.35. The smallest absolute Gasteiger partial charge is 0.220 e. The molecule has 0 bridgehead atoms. The van der Waals surface area contributed by atoms with Gasteiger partial charge in [-0.2, -0.15) is 0 Å². The van der Waals surface area contributed by atoms with Crippen molar-refractivity contribution >= 4 is 5.91 Å². The number of benzene rings is 2. The van der Waals surface area contributed by atoms with Gasteiger partial charge in [-0.15, -0.1) is 0 Å². The minimum absolute atomic E-state index is 0.0123. The first-order valence-corrected chi connectivity index (χ1v) is 8.98. The summed E-state index contributed by atoms with van der Waals surface area (Å²) < 4.78 is 14.5. The highest BCUT2D eigenvalue weighted by molar-refractivity contribution is 5.78. The predicted molar refractivity (Wildman–Crippen MR) is 95.6 cm³/mol. The number of carbonyl (C=O) groups excluding carboxylic acids is 1. The summed E-state index contributed by atoms with van der Waals surface area (Å²) in [5.74, 6) is -0.0935. The second-order valence-corrected chi connectivity index (χ2v) is 7.29. The highest BCUT2D eigenvalue weighted by Crippen LogP contribution is 2.42. The first-order chi connectivity index (χ1) is 12.2. The number of nitrogens with zero attached hydrogens (tertiary/aromatic N) is 1. The second kappa shape index (κ2) is 6.60. The lowest BCUT2D eigenvalue weighted by Gasteiger charge is -2.39. The van der Waals surface area contributed by atoms with Crippen LogP contribution in [0.5, 0.6) is 0 Å². The van der Waals surface area contributed by atoms with Gasteiger partial charge in [0, 0.05) is 32.0 Å². The molecule has 2 heterocycles. The summed E-state index contributed by atoms with van der Waals surface area (Å²) in [4.78, 5) is 14.5. The first-order valence-electron chi connectivity index (χ1n) is 8.98. The molecule has 0 saturated carbocycles. The normalized spacial score (nSPS) is 26.8. The fraction of sp³-hybridized carbons (Fsp3) is 0.381. The van der Waals surface area contributed by atoms with Crippen LogP contribution in [0.15, 0.2) is 54.6 Å². The lowest BCUT2D eigenvalue weighted by Crippen LogP contribution is -2.56. The Morgan fingerprint density at radius 2 is 1.88 bits per heavy atom. The summed E-state index contributed by atoms with van der Waals surface area (Å²) in [7, 11) is 0. The molecule has 0 unspecified atom stereocenters. The minimum Gasteiger partial charge on any atom is -0.349 e. The molecule has 1 spiro atoms. The van der Waals surface area contributed by atoms with Crippen LogP contribution in [0.1, 0.15) is 36.3 Å². The maximum absolute atomic E-state index is 14.5. The fourth-order valence-electron chi connectivity index (χ4n) is 4.47. The summed E-state index contributed by atoms with van der Waals surface area (Å²) in [6, 6.07) is 17.3. The van der Waals surface area contributed by atoms with E-state index in [0.29, 0.717) is 6.42 Å². The van der Waals surface area contributed by atoms with E-state index in [1.807, 2.05) is 30.3 Å². The molecule has 2 aliphatic rings. The van der Waals surface area contributed by atoms with Crippen molar-refractivity contribution in [3.8, 4) is 0 Å². The molecule has 0 radical (unpaired) electrons. The molecule has 0 aromatic heterocycles. The number of hydrogen-bond acceptors (Lipinski definition) is 2. The monoisotopic (exact) mass is 338 g/mol. The highest BCUT2D eigenvalue weighted by Gasteiger charge is 2.49. The van der Waals surface area contributed by atoms with Crippen LogP contribution < -0.4 is 5.32 Å². The van der Waals surface area contributed by atoms with E-state index in [4.69, 9.17) is 0 Å². The Bertz CT molecular complexity index is 764. The zero-order chi connectivity index (χ0) is 17.3. The Morgan fingerprint density at radius 1 is 1.12 bits per heavy atom. The largest absolute Gasteiger partial charge is 0.349 e. The van der Waals surface area contributed by atoms with Crippen LogP contribution in [0.3, 0.4) is 0 Å². The van der Waals surface area contributed by atoms with Crippen molar-refractivity contribution in [1.29, 1.82) is 0 Å². The van der Waals surface area contributed by atoms with Gasteiger partial charge in [-0.05, 0) is 30.0 Å². The number of nitrogens with one attached hydrogen (secondary N) is 1. The SMILES string of the molecule is O=C1CCC[C@]2(CN(Cc3ccccc3)C[C@H]2c2ccccc2F)N1. The van der Waals surface area contributed by atoms with Crippen molar-refractivity contribution in [2.24, 2.45) is 0 Å². The lowest BCUT2D eigenvalue weighted by atomic mass is 9.76. The van der Waals surface area contributed by atoms with Gasteiger partial charge < -0.3 is 5.32 Å². The molecule has 1 N–H and O–H groups in total. The molecule has 4 heteroatoms. The number of halogens is 1. The van der Waals surface area contributed by atoms with Crippen LogP contribution in [0.25, 0.3) is 0 Å². The molecular formula is C21H23FN2O. The van der Waals surface area contributed by atoms with Crippen molar-refractivity contribution in [1.82, 2.24) is 10.2 Å². The van der Waals surface area contributed by atoms with Crippen molar-refractivity contribution in [2.45, 2.75) is 37.3 Å². The Balaban J connectivity index is 1.65. The van der Waals surface area contributed by atoms with Gasteiger partial charge in [0.15, 0.2) is 0 Å². The standard InChI is InChI=1S/C21H23FN2O/c22-19-10-5-4-9-17(19)18-14-24(13-16-7-2-1-3-8-16)15-21(18)12-6-11-20(25)23-21/h1-5,7-10,18H,6,11-15H2,(H,23,25)/t18-,21+/m0/s1. The Labute approximate surface area is 147 Å². The van der Waals surface area contributed by atoms with Gasteiger partial charge in [0.25, 0.3) is 0 Å². The number of amides is 1. The van der Waals surface area contributed by atoms with E-state index in [-0.39, 0.29) is 23.2 Å². The van der Waals surface area contributed by atoms with Crippen LogP contribution in [0.4, 0.5) is 4.39 Å². The van der Waals surface area contributed by atoms with E-state index in [1.165, 1.54) is 11.6 Å². The maximum atomic E-state index is 14.5. The van der Waals surface area contributed by atoms with Crippen molar-refractivity contribution < 1.29 is 9.18 Å². The summed E-state index contributed by atoms with van der Waals surface area (Å²) in [6.07, 6.45) is 2.35. The topological polar surface area (TPSA) is 32.3 Å². The average molecular weight is 338 g/mol. The van der Waals surface area contributed by atoms with Crippen LogP contribution >= 0.6 is 0 Å². The zero-order valence-electron chi connectivity index (χ0n) is 14.2. The molecule has 4 rings (SSSR count). The number of carbonyl (C=O) groups is 1. The third kappa shape index (κ3) is 3.19. The van der Waals surface area contributed by atoms with E-state index in [0.717, 1.165) is 38.0 Å². The first kappa shape index (κ1) is 16.3. The zero-order valence-corrected chi connectivity index (χ0v) is 14.2. The lowest BCUT2D eigenvalue weighted by molar-refractivity contribution is -0.125. The van der Waals surface area contributed by atoms with Gasteiger partial charge >= 0.3 is 0 Å². The Morgan fingerprint density at radius 3 is 2.64 bits per heavy atom. The molecule has 2 saturated heterocycles. The summed E-state index contributed by atoms with van der Waals surface area (Å²) in [5, 5.41) is 3.24. The number of rotatable bonds is 3. The van der Waals surface area contributed by atoms with Crippen molar-refractivity contribution in [3.63, 3.8) is 0 Å². The number of hydrogen-bond donors (Lipinski definition) is 1. The number of likely N-dealkylation sites (tertiary alicyclic amines) is 1. The minimum atomic E-state index is -0.355. The highest BCUT2D eigenvalue weighted by atomic mass is 19.1. The molecule has 2 atom stereocenters. The van der Waals surface area contributed by atoms with Crippen LogP contribution in [0, 0.1) is 5.82 Å². The Kier molecular flexibility index (Phi) is 4.30. The van der Waals surface area contributed by atoms with Gasteiger partial charge in [-0.3, -0.25) is 9.69 Å². The van der Waals surface area contributed by atoms with Crippen LogP contribution in [0.2, 0.25) is 0 Å². The van der Waals surface area contributed by atoms with Crippen molar-refractivity contribution in [2.75, 3.05) is 13.1 Å². The van der Waals surface area contributed by atoms with Crippen molar-refractivity contribution in [3.05, 3.63) is 71.5 Å². The molecule has 25 heavy (non-hydrogen) atoms. The molecule has 2 aliphatic heterocycles. The van der Waals surface area contributed by atoms with Gasteiger partial charge in [0.1, 0.15) is 5.82 Å². The van der Waals surface area contributed by atoms with Gasteiger partial charge in [-0.1, -0.05) is 48.5 Å². The van der Waals surface area contributed by atoms with E-state index in [2.05, 4.69) is 22.3 Å². The predicted octanol–water partition coefficient (Wildman–Crippen LogP) is 3.46. The second-order valence-electron chi connectivity index (χ2n) is 7.29. The van der Waals surface area contributed by atoms with E-state index >= 15 is 0 Å². The van der Waals surface area contributed by atoms with Crippen LogP contribution in [-0.2, 0) is 11.3 Å². The fourth-order valence-corrected chi connectivity index (χ4v) is 4.47. The molecular weight excluding hydrogens is 315 g/mol. The quantitative estimate of drug-likeness (QED) is 0.929. The molecule has 3 nitrogen and oxygen atoms in total. The third-order valence-electron chi connectivity index (χ3n) is 5.56.